The van der Waals surface area contributed by atoms with E-state index in [1.165, 1.54) is 12.0 Å². The highest BCUT2D eigenvalue weighted by molar-refractivity contribution is 5.87. The SMILES string of the molecule is CCCCOCCCCc1ccc(C(=O)O)cc1. The molecule has 1 aromatic carbocycles. The fourth-order valence-electron chi connectivity index (χ4n) is 1.70. The fourth-order valence-corrected chi connectivity index (χ4v) is 1.70. The van der Waals surface area contributed by atoms with Gasteiger partial charge in [-0.1, -0.05) is 25.5 Å². The maximum absolute atomic E-state index is 10.7. The summed E-state index contributed by atoms with van der Waals surface area (Å²) in [6.45, 7) is 3.85. The Morgan fingerprint density at radius 1 is 1.11 bits per heavy atom. The van der Waals surface area contributed by atoms with Gasteiger partial charge in [-0.25, -0.2) is 4.79 Å². The van der Waals surface area contributed by atoms with Crippen LogP contribution in [-0.2, 0) is 11.2 Å². The van der Waals surface area contributed by atoms with Crippen molar-refractivity contribution in [3.05, 3.63) is 35.4 Å². The molecule has 0 aliphatic heterocycles. The lowest BCUT2D eigenvalue weighted by molar-refractivity contribution is 0.0697. The monoisotopic (exact) mass is 250 g/mol. The molecule has 0 fully saturated rings. The highest BCUT2D eigenvalue weighted by Crippen LogP contribution is 2.08. The number of ether oxygens (including phenoxy) is 1. The van der Waals surface area contributed by atoms with Gasteiger partial charge in [0.2, 0.25) is 0 Å². The molecule has 1 aromatic rings. The number of unbranched alkanes of at least 4 members (excludes halogenated alkanes) is 2. The highest BCUT2D eigenvalue weighted by Gasteiger charge is 2.01. The first kappa shape index (κ1) is 14.7. The molecule has 0 aliphatic carbocycles. The average molecular weight is 250 g/mol. The molecule has 3 nitrogen and oxygen atoms in total. The largest absolute Gasteiger partial charge is 0.478 e. The molecule has 3 heteroatoms. The third-order valence-corrected chi connectivity index (χ3v) is 2.85. The van der Waals surface area contributed by atoms with E-state index in [9.17, 15) is 4.79 Å². The van der Waals surface area contributed by atoms with Crippen LogP contribution >= 0.6 is 0 Å². The minimum Gasteiger partial charge on any atom is -0.478 e. The van der Waals surface area contributed by atoms with Crippen LogP contribution in [0.1, 0.15) is 48.5 Å². The maximum Gasteiger partial charge on any atom is 0.335 e. The Bertz CT molecular complexity index is 343. The highest BCUT2D eigenvalue weighted by atomic mass is 16.5. The maximum atomic E-state index is 10.7. The molecule has 100 valence electrons. The Morgan fingerprint density at radius 3 is 2.39 bits per heavy atom. The van der Waals surface area contributed by atoms with E-state index in [-0.39, 0.29) is 0 Å². The van der Waals surface area contributed by atoms with E-state index in [4.69, 9.17) is 9.84 Å². The molecule has 0 amide bonds. The number of benzene rings is 1. The van der Waals surface area contributed by atoms with Gasteiger partial charge >= 0.3 is 5.97 Å². The van der Waals surface area contributed by atoms with Crippen LogP contribution in [0.4, 0.5) is 0 Å². The molecule has 1 rings (SSSR count). The van der Waals surface area contributed by atoms with Crippen LogP contribution in [0.3, 0.4) is 0 Å². The van der Waals surface area contributed by atoms with Crippen molar-refractivity contribution in [3.8, 4) is 0 Å². The normalized spacial score (nSPS) is 10.5. The summed E-state index contributed by atoms with van der Waals surface area (Å²) < 4.78 is 5.48. The molecule has 0 spiro atoms. The Hall–Kier alpha value is -1.35. The standard InChI is InChI=1S/C15H22O3/c1-2-3-11-18-12-5-4-6-13-7-9-14(10-8-13)15(16)17/h7-10H,2-6,11-12H2,1H3,(H,16,17). The van der Waals surface area contributed by atoms with Gasteiger partial charge in [-0.05, 0) is 43.4 Å². The fraction of sp³-hybridized carbons (Fsp3) is 0.533. The Kier molecular flexibility index (Phi) is 7.11. The minimum atomic E-state index is -0.870. The lowest BCUT2D eigenvalue weighted by Crippen LogP contribution is -1.98. The second-order valence-corrected chi connectivity index (χ2v) is 4.43. The van der Waals surface area contributed by atoms with Gasteiger partial charge < -0.3 is 9.84 Å². The molecule has 18 heavy (non-hydrogen) atoms. The van der Waals surface area contributed by atoms with Crippen LogP contribution in [0, 0.1) is 0 Å². The Balaban J connectivity index is 2.14. The molecule has 0 heterocycles. The van der Waals surface area contributed by atoms with Crippen LogP contribution in [0.15, 0.2) is 24.3 Å². The lowest BCUT2D eigenvalue weighted by Gasteiger charge is -2.04. The van der Waals surface area contributed by atoms with Crippen molar-refractivity contribution in [2.75, 3.05) is 13.2 Å². The van der Waals surface area contributed by atoms with Crippen molar-refractivity contribution >= 4 is 5.97 Å². The predicted octanol–water partition coefficient (Wildman–Crippen LogP) is 3.52. The second kappa shape index (κ2) is 8.70. The van der Waals surface area contributed by atoms with E-state index in [1.54, 1.807) is 12.1 Å². The summed E-state index contributed by atoms with van der Waals surface area (Å²) in [4.78, 5) is 10.7. The van der Waals surface area contributed by atoms with E-state index < -0.39 is 5.97 Å². The number of hydrogen-bond acceptors (Lipinski definition) is 2. The van der Waals surface area contributed by atoms with Gasteiger partial charge in [0, 0.05) is 13.2 Å². The van der Waals surface area contributed by atoms with Crippen molar-refractivity contribution in [1.29, 1.82) is 0 Å². The molecule has 0 unspecified atom stereocenters. The molecule has 0 radical (unpaired) electrons. The van der Waals surface area contributed by atoms with Gasteiger partial charge in [0.05, 0.1) is 5.56 Å². The first-order valence-electron chi connectivity index (χ1n) is 6.64. The van der Waals surface area contributed by atoms with Gasteiger partial charge in [0.1, 0.15) is 0 Å². The Labute approximate surface area is 109 Å². The number of aromatic carboxylic acids is 1. The summed E-state index contributed by atoms with van der Waals surface area (Å²) >= 11 is 0. The molecule has 0 aromatic heterocycles. The van der Waals surface area contributed by atoms with Crippen LogP contribution in [0.2, 0.25) is 0 Å². The average Bonchev–Trinajstić information content (AvgIpc) is 2.38. The molecular weight excluding hydrogens is 228 g/mol. The van der Waals surface area contributed by atoms with Gasteiger partial charge in [0.25, 0.3) is 0 Å². The summed E-state index contributed by atoms with van der Waals surface area (Å²) in [5.41, 5.74) is 1.54. The van der Waals surface area contributed by atoms with Crippen LogP contribution in [0.5, 0.6) is 0 Å². The zero-order chi connectivity index (χ0) is 13.2. The molecule has 0 aliphatic rings. The molecular formula is C15H22O3. The predicted molar refractivity (Wildman–Crippen MR) is 72.1 cm³/mol. The van der Waals surface area contributed by atoms with Gasteiger partial charge in [-0.2, -0.15) is 0 Å². The van der Waals surface area contributed by atoms with E-state index in [0.717, 1.165) is 38.9 Å². The van der Waals surface area contributed by atoms with Crippen molar-refractivity contribution in [3.63, 3.8) is 0 Å². The van der Waals surface area contributed by atoms with Crippen molar-refractivity contribution in [2.24, 2.45) is 0 Å². The van der Waals surface area contributed by atoms with E-state index in [1.807, 2.05) is 12.1 Å². The number of aryl methyl sites for hydroxylation is 1. The van der Waals surface area contributed by atoms with Crippen molar-refractivity contribution in [1.82, 2.24) is 0 Å². The van der Waals surface area contributed by atoms with Crippen LogP contribution in [-0.4, -0.2) is 24.3 Å². The van der Waals surface area contributed by atoms with Gasteiger partial charge in [-0.3, -0.25) is 0 Å². The topological polar surface area (TPSA) is 46.5 Å². The van der Waals surface area contributed by atoms with E-state index in [2.05, 4.69) is 6.92 Å². The quantitative estimate of drug-likeness (QED) is 0.682. The smallest absolute Gasteiger partial charge is 0.335 e. The summed E-state index contributed by atoms with van der Waals surface area (Å²) in [5, 5.41) is 8.78. The zero-order valence-electron chi connectivity index (χ0n) is 11.0. The van der Waals surface area contributed by atoms with Gasteiger partial charge in [0.15, 0.2) is 0 Å². The van der Waals surface area contributed by atoms with E-state index >= 15 is 0 Å². The number of hydrogen-bond donors (Lipinski definition) is 1. The summed E-state index contributed by atoms with van der Waals surface area (Å²) in [7, 11) is 0. The Morgan fingerprint density at radius 2 is 1.78 bits per heavy atom. The van der Waals surface area contributed by atoms with Crippen LogP contribution in [0.25, 0.3) is 0 Å². The molecule has 1 N–H and O–H groups in total. The molecule has 0 saturated heterocycles. The number of carboxylic acid groups (broad SMARTS) is 1. The van der Waals surface area contributed by atoms with Crippen molar-refractivity contribution in [2.45, 2.75) is 39.0 Å². The number of rotatable bonds is 9. The zero-order valence-corrected chi connectivity index (χ0v) is 11.0. The number of carboxylic acids is 1. The first-order chi connectivity index (χ1) is 8.74. The van der Waals surface area contributed by atoms with E-state index in [0.29, 0.717) is 5.56 Å². The minimum absolute atomic E-state index is 0.349. The lowest BCUT2D eigenvalue weighted by atomic mass is 10.1. The first-order valence-corrected chi connectivity index (χ1v) is 6.64. The summed E-state index contributed by atoms with van der Waals surface area (Å²) in [6, 6.07) is 7.10. The third kappa shape index (κ3) is 5.82. The molecule has 0 saturated carbocycles. The molecule has 0 bridgehead atoms. The van der Waals surface area contributed by atoms with Gasteiger partial charge in [-0.15, -0.1) is 0 Å². The van der Waals surface area contributed by atoms with Crippen molar-refractivity contribution < 1.29 is 14.6 Å². The molecule has 0 atom stereocenters. The summed E-state index contributed by atoms with van der Waals surface area (Å²) in [6.07, 6.45) is 5.44. The third-order valence-electron chi connectivity index (χ3n) is 2.85. The van der Waals surface area contributed by atoms with Crippen LogP contribution < -0.4 is 0 Å². The number of carbonyl (C=O) groups is 1. The second-order valence-electron chi connectivity index (χ2n) is 4.43. The summed E-state index contributed by atoms with van der Waals surface area (Å²) in [5.74, 6) is -0.870.